The Kier molecular flexibility index (Phi) is 4.56. The summed E-state index contributed by atoms with van der Waals surface area (Å²) in [6.45, 7) is 3.48. The Hall–Kier alpha value is -3.17. The van der Waals surface area contributed by atoms with Gasteiger partial charge in [-0.3, -0.25) is 14.4 Å². The van der Waals surface area contributed by atoms with Crippen molar-refractivity contribution in [1.29, 1.82) is 0 Å². The van der Waals surface area contributed by atoms with E-state index in [4.69, 9.17) is 4.52 Å². The number of carbonyl (C=O) groups is 2. The van der Waals surface area contributed by atoms with Crippen LogP contribution in [0.1, 0.15) is 42.8 Å². The summed E-state index contributed by atoms with van der Waals surface area (Å²) in [6, 6.07) is 4.67. The Morgan fingerprint density at radius 3 is 2.93 bits per heavy atom. The van der Waals surface area contributed by atoms with Gasteiger partial charge in [-0.15, -0.1) is 0 Å². The van der Waals surface area contributed by atoms with E-state index in [1.54, 1.807) is 19.1 Å². The number of rotatable bonds is 4. The molecular weight excluding hydrogens is 388 g/mol. The molecule has 10 nitrogen and oxygen atoms in total. The molecule has 2 N–H and O–H groups in total. The van der Waals surface area contributed by atoms with Crippen LogP contribution in [0, 0.1) is 12.8 Å². The third-order valence-corrected chi connectivity index (χ3v) is 6.40. The van der Waals surface area contributed by atoms with Crippen molar-refractivity contribution in [3.05, 3.63) is 40.1 Å². The minimum absolute atomic E-state index is 0.0560. The predicted octanol–water partition coefficient (Wildman–Crippen LogP) is 0.0993. The lowest BCUT2D eigenvalue weighted by Crippen LogP contribution is -2.53. The van der Waals surface area contributed by atoms with E-state index in [0.717, 1.165) is 12.1 Å². The van der Waals surface area contributed by atoms with Crippen molar-refractivity contribution in [3.63, 3.8) is 0 Å². The van der Waals surface area contributed by atoms with Crippen molar-refractivity contribution >= 4 is 17.8 Å². The average molecular weight is 412 g/mol. The van der Waals surface area contributed by atoms with Crippen LogP contribution in [0.4, 0.5) is 5.95 Å². The molecule has 30 heavy (non-hydrogen) atoms. The van der Waals surface area contributed by atoms with Crippen molar-refractivity contribution in [2.24, 2.45) is 5.92 Å². The van der Waals surface area contributed by atoms with Gasteiger partial charge in [0.15, 0.2) is 0 Å². The predicted molar refractivity (Wildman–Crippen MR) is 106 cm³/mol. The fourth-order valence-corrected chi connectivity index (χ4v) is 5.02. The van der Waals surface area contributed by atoms with Crippen LogP contribution in [0.25, 0.3) is 0 Å². The second-order valence-corrected chi connectivity index (χ2v) is 8.34. The highest BCUT2D eigenvalue weighted by Crippen LogP contribution is 2.41. The van der Waals surface area contributed by atoms with Gasteiger partial charge in [0.25, 0.3) is 11.5 Å². The summed E-state index contributed by atoms with van der Waals surface area (Å²) >= 11 is 0. The third kappa shape index (κ3) is 3.25. The molecule has 2 amide bonds. The molecule has 2 aromatic rings. The zero-order valence-corrected chi connectivity index (χ0v) is 16.7. The van der Waals surface area contributed by atoms with Gasteiger partial charge in [0.05, 0.1) is 6.04 Å². The van der Waals surface area contributed by atoms with E-state index in [0.29, 0.717) is 44.3 Å². The van der Waals surface area contributed by atoms with Crippen molar-refractivity contribution in [2.45, 2.75) is 44.2 Å². The standard InChI is InChI=1S/C20H24N6O4/c1-11-22-20(24-30-11)25-9-12-7-13(10-25)16(26-15(12)3-2-4-18(26)28)8-21-19(29)14-5-6-17(27)23-14/h2-4,12-14,16H,5-10H2,1H3,(H,21,29)(H,23,27)/t12-,13+,14-,16+/m1/s1. The number of aryl methyl sites for hydroxylation is 1. The number of anilines is 1. The maximum Gasteiger partial charge on any atom is 0.266 e. The van der Waals surface area contributed by atoms with Crippen LogP contribution < -0.4 is 21.1 Å². The maximum atomic E-state index is 12.7. The van der Waals surface area contributed by atoms with Crippen molar-refractivity contribution < 1.29 is 14.1 Å². The van der Waals surface area contributed by atoms with Crippen LogP contribution >= 0.6 is 0 Å². The van der Waals surface area contributed by atoms with E-state index >= 15 is 0 Å². The van der Waals surface area contributed by atoms with Gasteiger partial charge in [0.2, 0.25) is 17.7 Å². The number of nitrogens with zero attached hydrogens (tertiary/aromatic N) is 4. The topological polar surface area (TPSA) is 122 Å². The molecule has 0 spiro atoms. The molecule has 3 aliphatic heterocycles. The second-order valence-electron chi connectivity index (χ2n) is 8.34. The van der Waals surface area contributed by atoms with E-state index in [-0.39, 0.29) is 35.3 Å². The SMILES string of the molecule is Cc1nc(N2C[C@H]3C[C@@H](C2)[C@H](CNC(=O)[C@H]2CCC(=O)N2)n2c3cccc2=O)no1. The molecule has 5 heterocycles. The van der Waals surface area contributed by atoms with Gasteiger partial charge in [-0.2, -0.15) is 4.98 Å². The molecule has 2 saturated heterocycles. The fraction of sp³-hybridized carbons (Fsp3) is 0.550. The van der Waals surface area contributed by atoms with Gasteiger partial charge in [-0.25, -0.2) is 0 Å². The molecule has 0 radical (unpaired) electrons. The van der Waals surface area contributed by atoms with Crippen molar-refractivity contribution in [1.82, 2.24) is 25.3 Å². The highest BCUT2D eigenvalue weighted by molar-refractivity contribution is 5.90. The monoisotopic (exact) mass is 412 g/mol. The third-order valence-electron chi connectivity index (χ3n) is 6.40. The minimum atomic E-state index is -0.494. The lowest BCUT2D eigenvalue weighted by atomic mass is 9.78. The van der Waals surface area contributed by atoms with Gasteiger partial charge in [-0.1, -0.05) is 6.07 Å². The molecule has 2 fully saturated rings. The number of nitrogens with one attached hydrogen (secondary N) is 2. The number of carbonyl (C=O) groups excluding carboxylic acids is 2. The number of fused-ring (bicyclic) bond motifs is 4. The summed E-state index contributed by atoms with van der Waals surface area (Å²) < 4.78 is 6.99. The molecule has 3 aliphatic rings. The molecule has 0 aliphatic carbocycles. The van der Waals surface area contributed by atoms with Gasteiger partial charge in [0.1, 0.15) is 6.04 Å². The lowest BCUT2D eigenvalue weighted by Gasteiger charge is -2.46. The highest BCUT2D eigenvalue weighted by Gasteiger charge is 2.42. The van der Waals surface area contributed by atoms with Crippen LogP contribution in [-0.4, -0.2) is 52.2 Å². The largest absolute Gasteiger partial charge is 0.352 e. The normalized spacial score (nSPS) is 27.5. The quantitative estimate of drug-likeness (QED) is 0.730. The molecule has 4 atom stereocenters. The molecule has 158 valence electrons. The lowest BCUT2D eigenvalue weighted by molar-refractivity contribution is -0.125. The molecule has 2 bridgehead atoms. The van der Waals surface area contributed by atoms with E-state index in [2.05, 4.69) is 25.7 Å². The Morgan fingerprint density at radius 2 is 2.20 bits per heavy atom. The summed E-state index contributed by atoms with van der Waals surface area (Å²) in [7, 11) is 0. The van der Waals surface area contributed by atoms with Crippen molar-refractivity contribution in [3.8, 4) is 0 Å². The minimum Gasteiger partial charge on any atom is -0.352 e. The number of piperidine rings is 1. The molecule has 0 saturated carbocycles. The zero-order valence-electron chi connectivity index (χ0n) is 16.7. The van der Waals surface area contributed by atoms with E-state index in [1.807, 2.05) is 10.6 Å². The van der Waals surface area contributed by atoms with E-state index in [9.17, 15) is 14.4 Å². The van der Waals surface area contributed by atoms with Crippen LogP contribution in [0.3, 0.4) is 0 Å². The van der Waals surface area contributed by atoms with Gasteiger partial charge >= 0.3 is 0 Å². The molecule has 2 aromatic heterocycles. The Balaban J connectivity index is 1.41. The smallest absolute Gasteiger partial charge is 0.266 e. The first kappa shape index (κ1) is 18.8. The Morgan fingerprint density at radius 1 is 1.33 bits per heavy atom. The fourth-order valence-electron chi connectivity index (χ4n) is 5.02. The number of pyridine rings is 1. The molecule has 10 heteroatoms. The summed E-state index contributed by atoms with van der Waals surface area (Å²) in [5.41, 5.74) is 0.913. The first-order chi connectivity index (χ1) is 14.5. The van der Waals surface area contributed by atoms with Crippen LogP contribution in [0.5, 0.6) is 0 Å². The van der Waals surface area contributed by atoms with Crippen LogP contribution in [0.2, 0.25) is 0 Å². The highest BCUT2D eigenvalue weighted by atomic mass is 16.5. The Bertz CT molecular complexity index is 1050. The Labute approximate surface area is 172 Å². The van der Waals surface area contributed by atoms with Gasteiger partial charge < -0.3 is 24.6 Å². The number of amides is 2. The zero-order chi connectivity index (χ0) is 20.8. The second kappa shape index (κ2) is 7.26. The molecular formula is C20H24N6O4. The van der Waals surface area contributed by atoms with Crippen molar-refractivity contribution in [2.75, 3.05) is 24.5 Å². The average Bonchev–Trinajstić information content (AvgIpc) is 3.36. The number of aromatic nitrogens is 3. The molecule has 5 rings (SSSR count). The summed E-state index contributed by atoms with van der Waals surface area (Å²) in [5.74, 6) is 1.10. The summed E-state index contributed by atoms with van der Waals surface area (Å²) in [5, 5.41) is 9.72. The van der Waals surface area contributed by atoms with E-state index < -0.39 is 6.04 Å². The summed E-state index contributed by atoms with van der Waals surface area (Å²) in [4.78, 5) is 43.2. The first-order valence-corrected chi connectivity index (χ1v) is 10.3. The molecule has 0 aromatic carbocycles. The summed E-state index contributed by atoms with van der Waals surface area (Å²) in [6.07, 6.45) is 1.80. The number of hydrogen-bond donors (Lipinski definition) is 2. The first-order valence-electron chi connectivity index (χ1n) is 10.3. The van der Waals surface area contributed by atoms with Crippen LogP contribution in [-0.2, 0) is 9.59 Å². The molecule has 0 unspecified atom stereocenters. The number of hydrogen-bond acceptors (Lipinski definition) is 7. The maximum absolute atomic E-state index is 12.7. The van der Waals surface area contributed by atoms with Gasteiger partial charge in [0, 0.05) is 50.7 Å². The van der Waals surface area contributed by atoms with E-state index in [1.165, 1.54) is 0 Å². The van der Waals surface area contributed by atoms with Gasteiger partial charge in [-0.05, 0) is 30.0 Å². The van der Waals surface area contributed by atoms with Crippen LogP contribution in [0.15, 0.2) is 27.5 Å².